The lowest BCUT2D eigenvalue weighted by Gasteiger charge is -2.24. The molecule has 1 heterocycles. The first kappa shape index (κ1) is 40.1. The second-order valence-electron chi connectivity index (χ2n) is 15.3. The number of thiophene rings is 1. The van der Waals surface area contributed by atoms with Gasteiger partial charge in [0.25, 0.3) is 5.91 Å². The summed E-state index contributed by atoms with van der Waals surface area (Å²) >= 11 is 1.42. The summed E-state index contributed by atoms with van der Waals surface area (Å²) in [6, 6.07) is 32.5. The molecule has 2 N–H and O–H groups in total. The van der Waals surface area contributed by atoms with Crippen molar-refractivity contribution >= 4 is 39.4 Å². The Labute approximate surface area is 338 Å². The van der Waals surface area contributed by atoms with E-state index >= 15 is 0 Å². The molecular weight excluding hydrogens is 739 g/mol. The average Bonchev–Trinajstić information content (AvgIpc) is 3.96. The number of carbonyl (C=O) groups excluding carboxylic acids is 3. The molecule has 1 unspecified atom stereocenters. The van der Waals surface area contributed by atoms with Gasteiger partial charge in [-0.15, -0.1) is 11.3 Å². The maximum Gasteiger partial charge on any atom is 0.410 e. The number of benzene rings is 4. The molecule has 2 aliphatic carbocycles. The number of hydrogen-bond acceptors (Lipinski definition) is 9. The summed E-state index contributed by atoms with van der Waals surface area (Å²) in [6.45, 7) is 7.88. The van der Waals surface area contributed by atoms with Crippen LogP contribution in [0.3, 0.4) is 0 Å². The van der Waals surface area contributed by atoms with Crippen LogP contribution in [-0.4, -0.2) is 55.0 Å². The molecule has 0 radical (unpaired) electrons. The van der Waals surface area contributed by atoms with Gasteiger partial charge in [-0.05, 0) is 95.0 Å². The Bertz CT molecular complexity index is 2120. The van der Waals surface area contributed by atoms with Crippen LogP contribution in [-0.2, 0) is 43.5 Å². The fourth-order valence-electron chi connectivity index (χ4n) is 7.44. The third-order valence-corrected chi connectivity index (χ3v) is 11.5. The number of fused-ring (bicyclic) bond motifs is 4. The fourth-order valence-corrected chi connectivity index (χ4v) is 8.45. The van der Waals surface area contributed by atoms with Crippen LogP contribution >= 0.6 is 11.3 Å². The molecular formula is C46H51N3O7S. The van der Waals surface area contributed by atoms with Gasteiger partial charge in [0.05, 0.1) is 11.5 Å². The van der Waals surface area contributed by atoms with E-state index in [-0.39, 0.29) is 37.6 Å². The van der Waals surface area contributed by atoms with Gasteiger partial charge in [0.15, 0.2) is 6.29 Å². The molecule has 5 aromatic rings. The zero-order valence-corrected chi connectivity index (χ0v) is 33.6. The Hall–Kier alpha value is -5.07. The second-order valence-corrected chi connectivity index (χ2v) is 16.4. The van der Waals surface area contributed by atoms with Crippen LogP contribution in [0.1, 0.15) is 89.9 Å². The third-order valence-electron chi connectivity index (χ3n) is 10.4. The maximum atomic E-state index is 13.7. The Kier molecular flexibility index (Phi) is 13.3. The molecule has 2 amide bonds. The highest BCUT2D eigenvalue weighted by Crippen LogP contribution is 2.44. The molecule has 10 nitrogen and oxygen atoms in total. The highest BCUT2D eigenvalue weighted by atomic mass is 32.1. The van der Waals surface area contributed by atoms with Crippen molar-refractivity contribution in [2.24, 2.45) is 5.92 Å². The number of ether oxygens (including phenoxy) is 3. The smallest absolute Gasteiger partial charge is 0.410 e. The average molecular weight is 790 g/mol. The van der Waals surface area contributed by atoms with Crippen LogP contribution in [0.5, 0.6) is 0 Å². The number of hydrogen-bond donors (Lipinski definition) is 2. The van der Waals surface area contributed by atoms with Gasteiger partial charge >= 0.3 is 12.1 Å². The van der Waals surface area contributed by atoms with E-state index < -0.39 is 18.4 Å². The van der Waals surface area contributed by atoms with Crippen molar-refractivity contribution in [3.63, 3.8) is 0 Å². The normalized spacial score (nSPS) is 14.4. The predicted octanol–water partition coefficient (Wildman–Crippen LogP) is 9.11. The Morgan fingerprint density at radius 3 is 2.16 bits per heavy atom. The lowest BCUT2D eigenvalue weighted by molar-refractivity contribution is -0.163. The van der Waals surface area contributed by atoms with Gasteiger partial charge in [-0.2, -0.15) is 0 Å². The van der Waals surface area contributed by atoms with Crippen molar-refractivity contribution in [1.29, 1.82) is 0 Å². The van der Waals surface area contributed by atoms with E-state index in [9.17, 15) is 14.4 Å². The molecule has 1 atom stereocenters. The number of hydroxylamine groups is 1. The van der Waals surface area contributed by atoms with E-state index in [0.717, 1.165) is 74.7 Å². The van der Waals surface area contributed by atoms with E-state index in [1.165, 1.54) is 16.2 Å². The standard InChI is InChI=1S/C46H51N3O7S/c1-30(2)28-53-31(3)56-48-45(51)43-23-35-21-20-34(22-42(35)57-43)25-47-24-32-16-18-33(19-17-32)26-49(27-44(50)55-36-10-4-5-11-36)46(52)54-29-41-39-14-8-6-12-37(39)38-13-7-9-15-40(38)41/h6-9,12-23,30-31,36,41,47H,4-5,10-11,24-29H2,1-3H3,(H,48,51). The summed E-state index contributed by atoms with van der Waals surface area (Å²) in [5.74, 6) is -0.426. The zero-order chi connectivity index (χ0) is 39.7. The topological polar surface area (TPSA) is 115 Å². The molecule has 4 aromatic carbocycles. The number of esters is 1. The van der Waals surface area contributed by atoms with Crippen molar-refractivity contribution in [2.75, 3.05) is 19.8 Å². The van der Waals surface area contributed by atoms with Gasteiger partial charge < -0.3 is 19.5 Å². The summed E-state index contributed by atoms with van der Waals surface area (Å²) < 4.78 is 18.3. The third kappa shape index (κ3) is 10.5. The van der Waals surface area contributed by atoms with Crippen molar-refractivity contribution in [3.8, 4) is 11.1 Å². The van der Waals surface area contributed by atoms with Crippen molar-refractivity contribution < 1.29 is 33.4 Å². The minimum absolute atomic E-state index is 0.0826. The van der Waals surface area contributed by atoms with Gasteiger partial charge in [0, 0.05) is 30.3 Å². The number of amides is 2. The van der Waals surface area contributed by atoms with Gasteiger partial charge in [0.2, 0.25) is 0 Å². The van der Waals surface area contributed by atoms with E-state index in [1.807, 2.05) is 60.7 Å². The second kappa shape index (κ2) is 18.9. The molecule has 1 fully saturated rings. The first-order chi connectivity index (χ1) is 27.7. The highest BCUT2D eigenvalue weighted by Gasteiger charge is 2.31. The summed E-state index contributed by atoms with van der Waals surface area (Å²) in [5, 5.41) is 4.50. The Balaban J connectivity index is 0.932. The van der Waals surface area contributed by atoms with Crippen LogP contribution in [0.2, 0.25) is 0 Å². The molecule has 0 bridgehead atoms. The van der Waals surface area contributed by atoms with Gasteiger partial charge in [-0.25, -0.2) is 15.1 Å². The molecule has 11 heteroatoms. The number of carbonyl (C=O) groups is 3. The van der Waals surface area contributed by atoms with Crippen LogP contribution < -0.4 is 10.8 Å². The molecule has 57 heavy (non-hydrogen) atoms. The minimum atomic E-state index is -0.545. The molecule has 2 aliphatic rings. The summed E-state index contributed by atoms with van der Waals surface area (Å²) in [6.07, 6.45) is 2.64. The van der Waals surface area contributed by atoms with E-state index in [0.29, 0.717) is 30.5 Å². The van der Waals surface area contributed by atoms with E-state index in [1.54, 1.807) is 6.92 Å². The first-order valence-electron chi connectivity index (χ1n) is 19.9. The van der Waals surface area contributed by atoms with Crippen molar-refractivity contribution in [1.82, 2.24) is 15.7 Å². The van der Waals surface area contributed by atoms with E-state index in [2.05, 4.69) is 61.0 Å². The Morgan fingerprint density at radius 2 is 1.46 bits per heavy atom. The SMILES string of the molecule is CC(C)COC(C)ONC(=O)c1cc2ccc(CNCc3ccc(CN(CC(=O)OC4CCCC4)C(=O)OCC4c5ccccc5-c5ccccc54)cc3)cc2s1. The van der Waals surface area contributed by atoms with Crippen molar-refractivity contribution in [3.05, 3.63) is 130 Å². The number of nitrogens with one attached hydrogen (secondary N) is 2. The number of rotatable bonds is 17. The predicted molar refractivity (Wildman–Crippen MR) is 221 cm³/mol. The lowest BCUT2D eigenvalue weighted by atomic mass is 9.98. The highest BCUT2D eigenvalue weighted by molar-refractivity contribution is 7.20. The van der Waals surface area contributed by atoms with Gasteiger partial charge in [0.1, 0.15) is 19.3 Å². The summed E-state index contributed by atoms with van der Waals surface area (Å²) in [5.41, 5.74) is 10.1. The zero-order valence-electron chi connectivity index (χ0n) is 32.8. The minimum Gasteiger partial charge on any atom is -0.461 e. The first-order valence-corrected chi connectivity index (χ1v) is 20.7. The summed E-state index contributed by atoms with van der Waals surface area (Å²) in [7, 11) is 0. The van der Waals surface area contributed by atoms with Gasteiger partial charge in [-0.1, -0.05) is 98.8 Å². The van der Waals surface area contributed by atoms with Gasteiger partial charge in [-0.3, -0.25) is 14.5 Å². The fraction of sp³-hybridized carbons (Fsp3) is 0.370. The van der Waals surface area contributed by atoms with Crippen LogP contribution in [0.15, 0.2) is 97.1 Å². The van der Waals surface area contributed by atoms with Crippen LogP contribution in [0.4, 0.5) is 4.79 Å². The Morgan fingerprint density at radius 1 is 0.807 bits per heavy atom. The summed E-state index contributed by atoms with van der Waals surface area (Å²) in [4.78, 5) is 46.9. The molecule has 7 rings (SSSR count). The van der Waals surface area contributed by atoms with Crippen LogP contribution in [0, 0.1) is 5.92 Å². The molecule has 1 saturated carbocycles. The molecule has 0 saturated heterocycles. The quantitative estimate of drug-likeness (QED) is 0.0545. The molecule has 0 aliphatic heterocycles. The van der Waals surface area contributed by atoms with E-state index in [4.69, 9.17) is 19.0 Å². The molecule has 0 spiro atoms. The number of nitrogens with zero attached hydrogens (tertiary/aromatic N) is 1. The molecule has 298 valence electrons. The molecule has 1 aromatic heterocycles. The monoisotopic (exact) mass is 789 g/mol. The lowest BCUT2D eigenvalue weighted by Crippen LogP contribution is -2.37. The van der Waals surface area contributed by atoms with Crippen molar-refractivity contribution in [2.45, 2.75) is 84.4 Å². The van der Waals surface area contributed by atoms with Crippen LogP contribution in [0.25, 0.3) is 21.2 Å². The largest absolute Gasteiger partial charge is 0.461 e. The maximum absolute atomic E-state index is 13.7.